The number of rotatable bonds is 5. The van der Waals surface area contributed by atoms with Crippen LogP contribution in [0.25, 0.3) is 0 Å². The van der Waals surface area contributed by atoms with E-state index in [4.69, 9.17) is 0 Å². The molecule has 0 aliphatic heterocycles. The maximum absolute atomic E-state index is 13.6. The first-order chi connectivity index (χ1) is 9.66. The lowest BCUT2D eigenvalue weighted by molar-refractivity contribution is -0.386. The molecule has 1 aromatic heterocycles. The zero-order chi connectivity index (χ0) is 14.1. The van der Waals surface area contributed by atoms with Gasteiger partial charge in [-0.1, -0.05) is 6.07 Å². The van der Waals surface area contributed by atoms with Gasteiger partial charge in [0.25, 0.3) is 0 Å². The van der Waals surface area contributed by atoms with E-state index < -0.39 is 16.4 Å². The van der Waals surface area contributed by atoms with Gasteiger partial charge in [-0.15, -0.1) is 11.3 Å². The van der Waals surface area contributed by atoms with Gasteiger partial charge in [-0.3, -0.25) is 10.1 Å². The second kappa shape index (κ2) is 5.16. The molecule has 104 valence electrons. The Kier molecular flexibility index (Phi) is 3.35. The van der Waals surface area contributed by atoms with Gasteiger partial charge in [-0.05, 0) is 30.9 Å². The lowest BCUT2D eigenvalue weighted by atomic mass is 10.1. The second-order valence-electron chi connectivity index (χ2n) is 4.72. The van der Waals surface area contributed by atoms with Crippen molar-refractivity contribution in [2.45, 2.75) is 18.9 Å². The number of halogens is 1. The molecule has 0 bridgehead atoms. The summed E-state index contributed by atoms with van der Waals surface area (Å²) in [5, 5.41) is 16.9. The smallest absolute Gasteiger partial charge is 0.327 e. The highest BCUT2D eigenvalue weighted by molar-refractivity contribution is 7.09. The molecule has 1 aliphatic carbocycles. The van der Waals surface area contributed by atoms with Crippen LogP contribution in [0, 0.1) is 21.8 Å². The van der Waals surface area contributed by atoms with E-state index in [9.17, 15) is 14.5 Å². The summed E-state index contributed by atoms with van der Waals surface area (Å²) in [6.07, 6.45) is 3.82. The molecule has 0 radical (unpaired) electrons. The van der Waals surface area contributed by atoms with Crippen LogP contribution >= 0.6 is 11.3 Å². The number of nitro groups is 1. The highest BCUT2D eigenvalue weighted by atomic mass is 32.1. The third-order valence-corrected chi connectivity index (χ3v) is 4.15. The fourth-order valence-electron chi connectivity index (χ4n) is 2.18. The van der Waals surface area contributed by atoms with Gasteiger partial charge in [0.1, 0.15) is 10.7 Å². The highest BCUT2D eigenvalue weighted by Gasteiger charge is 2.35. The Hall–Kier alpha value is -2.02. The van der Waals surface area contributed by atoms with Crippen molar-refractivity contribution in [3.8, 4) is 0 Å². The molecule has 1 saturated carbocycles. The van der Waals surface area contributed by atoms with Gasteiger partial charge in [-0.25, -0.2) is 4.98 Å². The summed E-state index contributed by atoms with van der Waals surface area (Å²) < 4.78 is 13.6. The fourth-order valence-corrected chi connectivity index (χ4v) is 2.96. The molecule has 1 heterocycles. The summed E-state index contributed by atoms with van der Waals surface area (Å²) in [6, 6.07) is 4.01. The Bertz CT molecular complexity index is 629. The summed E-state index contributed by atoms with van der Waals surface area (Å²) in [6.45, 7) is 0. The van der Waals surface area contributed by atoms with Gasteiger partial charge in [-0.2, -0.15) is 4.39 Å². The zero-order valence-corrected chi connectivity index (χ0v) is 11.3. The van der Waals surface area contributed by atoms with E-state index in [-0.39, 0.29) is 11.7 Å². The largest absolute Gasteiger partial charge is 0.370 e. The number of hydrogen-bond donors (Lipinski definition) is 1. The first-order valence-corrected chi connectivity index (χ1v) is 7.13. The van der Waals surface area contributed by atoms with Crippen molar-refractivity contribution in [3.05, 3.63) is 50.7 Å². The van der Waals surface area contributed by atoms with Gasteiger partial charge >= 0.3 is 5.69 Å². The van der Waals surface area contributed by atoms with Gasteiger partial charge in [0, 0.05) is 11.6 Å². The number of hydrogen-bond acceptors (Lipinski definition) is 5. The first kappa shape index (κ1) is 13.0. The minimum Gasteiger partial charge on any atom is -0.370 e. The Morgan fingerprint density at radius 3 is 2.90 bits per heavy atom. The fraction of sp³-hybridized carbons (Fsp3) is 0.308. The van der Waals surface area contributed by atoms with Crippen molar-refractivity contribution < 1.29 is 9.31 Å². The molecule has 3 rings (SSSR count). The predicted octanol–water partition coefficient (Wildman–Crippen LogP) is 3.75. The maximum atomic E-state index is 13.6. The van der Waals surface area contributed by atoms with Crippen molar-refractivity contribution in [1.82, 2.24) is 4.98 Å². The number of aromatic nitrogens is 1. The molecule has 1 N–H and O–H groups in total. The second-order valence-corrected chi connectivity index (χ2v) is 5.65. The molecule has 0 saturated heterocycles. The third-order valence-electron chi connectivity index (χ3n) is 3.29. The zero-order valence-electron chi connectivity index (χ0n) is 10.5. The van der Waals surface area contributed by atoms with Crippen LogP contribution in [-0.2, 0) is 0 Å². The summed E-state index contributed by atoms with van der Waals surface area (Å²) in [4.78, 5) is 14.6. The number of benzene rings is 1. The van der Waals surface area contributed by atoms with Crippen LogP contribution in [0.15, 0.2) is 29.8 Å². The summed E-state index contributed by atoms with van der Waals surface area (Å²) in [5.74, 6) is -0.419. The molecule has 5 nitrogen and oxygen atoms in total. The van der Waals surface area contributed by atoms with E-state index in [1.807, 2.05) is 5.38 Å². The van der Waals surface area contributed by atoms with Crippen LogP contribution in [0.1, 0.15) is 23.9 Å². The molecule has 20 heavy (non-hydrogen) atoms. The average molecular weight is 293 g/mol. The van der Waals surface area contributed by atoms with Gasteiger partial charge in [0.15, 0.2) is 0 Å². The van der Waals surface area contributed by atoms with Crippen LogP contribution < -0.4 is 5.32 Å². The van der Waals surface area contributed by atoms with Crippen LogP contribution in [-0.4, -0.2) is 9.91 Å². The molecular formula is C13H12FN3O2S. The summed E-state index contributed by atoms with van der Waals surface area (Å²) in [5.41, 5.74) is -0.295. The van der Waals surface area contributed by atoms with Gasteiger partial charge in [0.2, 0.25) is 5.82 Å². The molecule has 0 spiro atoms. The van der Waals surface area contributed by atoms with E-state index in [2.05, 4.69) is 10.3 Å². The van der Waals surface area contributed by atoms with Gasteiger partial charge < -0.3 is 5.32 Å². The first-order valence-electron chi connectivity index (χ1n) is 6.25. The molecule has 1 aromatic carbocycles. The van der Waals surface area contributed by atoms with E-state index in [0.717, 1.165) is 23.9 Å². The Morgan fingerprint density at radius 1 is 1.50 bits per heavy atom. The Morgan fingerprint density at radius 2 is 2.30 bits per heavy atom. The van der Waals surface area contributed by atoms with Crippen molar-refractivity contribution in [2.75, 3.05) is 5.32 Å². The topological polar surface area (TPSA) is 68.1 Å². The van der Waals surface area contributed by atoms with Crippen molar-refractivity contribution >= 4 is 22.7 Å². The number of thiazole rings is 1. The quantitative estimate of drug-likeness (QED) is 0.673. The van der Waals surface area contributed by atoms with Gasteiger partial charge in [0.05, 0.1) is 11.0 Å². The predicted molar refractivity (Wildman–Crippen MR) is 74.3 cm³/mol. The van der Waals surface area contributed by atoms with E-state index in [0.29, 0.717) is 5.92 Å². The number of anilines is 1. The number of nitro benzene ring substituents is 1. The number of para-hydroxylation sites is 1. The molecular weight excluding hydrogens is 281 g/mol. The summed E-state index contributed by atoms with van der Waals surface area (Å²) in [7, 11) is 0. The lowest BCUT2D eigenvalue weighted by Crippen LogP contribution is -2.14. The molecule has 2 aromatic rings. The van der Waals surface area contributed by atoms with E-state index in [1.165, 1.54) is 23.5 Å². The van der Waals surface area contributed by atoms with Crippen molar-refractivity contribution in [1.29, 1.82) is 0 Å². The van der Waals surface area contributed by atoms with E-state index >= 15 is 0 Å². The monoisotopic (exact) mass is 293 g/mol. The normalized spacial score (nSPS) is 15.8. The minimum atomic E-state index is -0.825. The van der Waals surface area contributed by atoms with Crippen molar-refractivity contribution in [3.63, 3.8) is 0 Å². The van der Waals surface area contributed by atoms with Crippen molar-refractivity contribution in [2.24, 2.45) is 5.92 Å². The molecule has 1 atom stereocenters. The SMILES string of the molecule is O=[N+]([O-])c1c(F)cccc1N[C@H](c1nccs1)C1CC1. The third kappa shape index (κ3) is 2.49. The van der Waals surface area contributed by atoms with Crippen LogP contribution in [0.5, 0.6) is 0 Å². The number of nitrogens with one attached hydrogen (secondary N) is 1. The van der Waals surface area contributed by atoms with Crippen LogP contribution in [0.3, 0.4) is 0 Å². The Balaban J connectivity index is 1.93. The molecule has 0 unspecified atom stereocenters. The van der Waals surface area contributed by atoms with E-state index in [1.54, 1.807) is 6.20 Å². The average Bonchev–Trinajstić information content (AvgIpc) is 3.10. The molecule has 1 fully saturated rings. The lowest BCUT2D eigenvalue weighted by Gasteiger charge is -2.17. The summed E-state index contributed by atoms with van der Waals surface area (Å²) >= 11 is 1.50. The minimum absolute atomic E-state index is 0.0875. The molecule has 7 heteroatoms. The maximum Gasteiger partial charge on any atom is 0.327 e. The molecule has 1 aliphatic rings. The van der Waals surface area contributed by atoms with Crippen LogP contribution in [0.4, 0.5) is 15.8 Å². The number of nitrogens with zero attached hydrogens (tertiary/aromatic N) is 2. The highest BCUT2D eigenvalue weighted by Crippen LogP contribution is 2.44. The standard InChI is InChI=1S/C13H12FN3O2S/c14-9-2-1-3-10(12(9)17(18)19)16-11(8-4-5-8)13-15-6-7-20-13/h1-3,6-8,11,16H,4-5H2/t11-/m0/s1. The van der Waals surface area contributed by atoms with Crippen LogP contribution in [0.2, 0.25) is 0 Å². The molecule has 0 amide bonds. The Labute approximate surface area is 118 Å².